The van der Waals surface area contributed by atoms with Gasteiger partial charge in [-0.2, -0.15) is 0 Å². The summed E-state index contributed by atoms with van der Waals surface area (Å²) in [5, 5.41) is 0. The number of carbonyl (C=O) groups is 1. The number of pyridine rings is 1. The summed E-state index contributed by atoms with van der Waals surface area (Å²) in [6, 6.07) is 13.6. The third-order valence-electron chi connectivity index (χ3n) is 2.27. The van der Waals surface area contributed by atoms with Crippen LogP contribution in [0.3, 0.4) is 0 Å². The van der Waals surface area contributed by atoms with Crippen molar-refractivity contribution in [2.75, 3.05) is 0 Å². The normalized spacial score (nSPS) is 9.87. The van der Waals surface area contributed by atoms with Gasteiger partial charge in [-0.25, -0.2) is 0 Å². The highest BCUT2D eigenvalue weighted by atomic mass is 16.1. The SMILES string of the molecule is O=Cc1cccnc1Cc1ccccc1. The highest BCUT2D eigenvalue weighted by molar-refractivity contribution is 5.76. The largest absolute Gasteiger partial charge is 0.298 e. The number of hydrogen-bond acceptors (Lipinski definition) is 2. The van der Waals surface area contributed by atoms with E-state index in [9.17, 15) is 4.79 Å². The van der Waals surface area contributed by atoms with Gasteiger partial charge in [-0.1, -0.05) is 30.3 Å². The first-order valence-electron chi connectivity index (χ1n) is 4.83. The lowest BCUT2D eigenvalue weighted by Gasteiger charge is -2.02. The first-order valence-corrected chi connectivity index (χ1v) is 4.83. The van der Waals surface area contributed by atoms with Gasteiger partial charge >= 0.3 is 0 Å². The van der Waals surface area contributed by atoms with E-state index in [0.717, 1.165) is 12.0 Å². The Balaban J connectivity index is 2.28. The number of carbonyl (C=O) groups excluding carboxylic acids is 1. The van der Waals surface area contributed by atoms with Gasteiger partial charge < -0.3 is 0 Å². The number of rotatable bonds is 3. The van der Waals surface area contributed by atoms with E-state index in [-0.39, 0.29) is 0 Å². The minimum atomic E-state index is 0.668. The summed E-state index contributed by atoms with van der Waals surface area (Å²) in [5.74, 6) is 0. The maximum atomic E-state index is 10.8. The molecular formula is C13H11NO. The highest BCUT2D eigenvalue weighted by Gasteiger charge is 2.02. The van der Waals surface area contributed by atoms with Crippen LogP contribution in [0.25, 0.3) is 0 Å². The molecule has 2 rings (SSSR count). The molecule has 0 saturated heterocycles. The van der Waals surface area contributed by atoms with Crippen molar-refractivity contribution in [1.29, 1.82) is 0 Å². The summed E-state index contributed by atoms with van der Waals surface area (Å²) in [5.41, 5.74) is 2.67. The summed E-state index contributed by atoms with van der Waals surface area (Å²) in [6.07, 6.45) is 3.27. The Labute approximate surface area is 88.6 Å². The van der Waals surface area contributed by atoms with Crippen LogP contribution in [0.5, 0.6) is 0 Å². The van der Waals surface area contributed by atoms with Crippen LogP contribution in [0.1, 0.15) is 21.6 Å². The molecule has 0 aliphatic carbocycles. The lowest BCUT2D eigenvalue weighted by molar-refractivity contribution is 0.112. The molecule has 0 bridgehead atoms. The molecule has 0 atom stereocenters. The molecule has 1 heterocycles. The van der Waals surface area contributed by atoms with Crippen LogP contribution in [0.4, 0.5) is 0 Å². The molecule has 0 aliphatic heterocycles. The van der Waals surface area contributed by atoms with E-state index in [4.69, 9.17) is 0 Å². The van der Waals surface area contributed by atoms with Crippen LogP contribution >= 0.6 is 0 Å². The molecule has 0 unspecified atom stereocenters. The van der Waals surface area contributed by atoms with E-state index in [2.05, 4.69) is 4.98 Å². The smallest absolute Gasteiger partial charge is 0.151 e. The molecule has 74 valence electrons. The van der Waals surface area contributed by atoms with Gasteiger partial charge in [-0.3, -0.25) is 9.78 Å². The zero-order valence-corrected chi connectivity index (χ0v) is 8.26. The fraction of sp³-hybridized carbons (Fsp3) is 0.0769. The minimum Gasteiger partial charge on any atom is -0.298 e. The van der Waals surface area contributed by atoms with Gasteiger partial charge in [0.25, 0.3) is 0 Å². The average Bonchev–Trinajstić information content (AvgIpc) is 2.31. The quantitative estimate of drug-likeness (QED) is 0.707. The number of aldehydes is 1. The summed E-state index contributed by atoms with van der Waals surface area (Å²) in [4.78, 5) is 15.0. The molecular weight excluding hydrogens is 186 g/mol. The average molecular weight is 197 g/mol. The van der Waals surface area contributed by atoms with Gasteiger partial charge in [0.2, 0.25) is 0 Å². The van der Waals surface area contributed by atoms with Crippen molar-refractivity contribution >= 4 is 6.29 Å². The molecule has 0 spiro atoms. The van der Waals surface area contributed by atoms with Crippen LogP contribution in [0.15, 0.2) is 48.7 Å². The molecule has 0 N–H and O–H groups in total. The number of hydrogen-bond donors (Lipinski definition) is 0. The first kappa shape index (κ1) is 9.59. The van der Waals surface area contributed by atoms with Crippen molar-refractivity contribution in [2.45, 2.75) is 6.42 Å². The zero-order chi connectivity index (χ0) is 10.5. The van der Waals surface area contributed by atoms with Gasteiger partial charge in [-0.05, 0) is 17.7 Å². The molecule has 0 aliphatic rings. The molecule has 1 aromatic carbocycles. The minimum absolute atomic E-state index is 0.668. The summed E-state index contributed by atoms with van der Waals surface area (Å²) in [6.45, 7) is 0. The number of aromatic nitrogens is 1. The Kier molecular flexibility index (Phi) is 2.88. The van der Waals surface area contributed by atoms with Gasteiger partial charge in [-0.15, -0.1) is 0 Å². The third kappa shape index (κ3) is 2.29. The topological polar surface area (TPSA) is 30.0 Å². The highest BCUT2D eigenvalue weighted by Crippen LogP contribution is 2.09. The Bertz CT molecular complexity index is 451. The Hall–Kier alpha value is -1.96. The molecule has 0 radical (unpaired) electrons. The molecule has 15 heavy (non-hydrogen) atoms. The van der Waals surface area contributed by atoms with Gasteiger partial charge in [0, 0.05) is 18.2 Å². The second-order valence-corrected chi connectivity index (χ2v) is 3.32. The molecule has 2 nitrogen and oxygen atoms in total. The van der Waals surface area contributed by atoms with Crippen molar-refractivity contribution in [3.63, 3.8) is 0 Å². The summed E-state index contributed by atoms with van der Waals surface area (Å²) >= 11 is 0. The van der Waals surface area contributed by atoms with E-state index >= 15 is 0 Å². The van der Waals surface area contributed by atoms with E-state index in [1.54, 1.807) is 18.3 Å². The van der Waals surface area contributed by atoms with Crippen LogP contribution in [0, 0.1) is 0 Å². The molecule has 0 amide bonds. The number of nitrogens with zero attached hydrogens (tertiary/aromatic N) is 1. The van der Waals surface area contributed by atoms with E-state index in [1.807, 2.05) is 30.3 Å². The predicted molar refractivity (Wildman–Crippen MR) is 58.9 cm³/mol. The lowest BCUT2D eigenvalue weighted by atomic mass is 10.1. The Morgan fingerprint density at radius 3 is 2.60 bits per heavy atom. The second-order valence-electron chi connectivity index (χ2n) is 3.32. The van der Waals surface area contributed by atoms with Gasteiger partial charge in [0.1, 0.15) is 0 Å². The molecule has 1 aromatic heterocycles. The fourth-order valence-electron chi connectivity index (χ4n) is 1.49. The number of benzene rings is 1. The molecule has 0 saturated carbocycles. The first-order chi connectivity index (χ1) is 7.40. The maximum absolute atomic E-state index is 10.8. The fourth-order valence-corrected chi connectivity index (χ4v) is 1.49. The van der Waals surface area contributed by atoms with Crippen LogP contribution in [-0.2, 0) is 6.42 Å². The molecule has 2 heteroatoms. The lowest BCUT2D eigenvalue weighted by Crippen LogP contribution is -1.97. The molecule has 2 aromatic rings. The Morgan fingerprint density at radius 1 is 1.07 bits per heavy atom. The van der Waals surface area contributed by atoms with Crippen LogP contribution in [-0.4, -0.2) is 11.3 Å². The standard InChI is InChI=1S/C13H11NO/c15-10-12-7-4-8-14-13(12)9-11-5-2-1-3-6-11/h1-8,10H,9H2. The van der Waals surface area contributed by atoms with Crippen LogP contribution < -0.4 is 0 Å². The van der Waals surface area contributed by atoms with E-state index in [1.165, 1.54) is 5.56 Å². The Morgan fingerprint density at radius 2 is 1.87 bits per heavy atom. The molecule has 0 fully saturated rings. The van der Waals surface area contributed by atoms with Gasteiger partial charge in [0.15, 0.2) is 6.29 Å². The summed E-state index contributed by atoms with van der Waals surface area (Å²) in [7, 11) is 0. The van der Waals surface area contributed by atoms with Crippen molar-refractivity contribution in [3.8, 4) is 0 Å². The van der Waals surface area contributed by atoms with E-state index < -0.39 is 0 Å². The second kappa shape index (κ2) is 4.51. The van der Waals surface area contributed by atoms with Crippen molar-refractivity contribution in [2.24, 2.45) is 0 Å². The van der Waals surface area contributed by atoms with Crippen LogP contribution in [0.2, 0.25) is 0 Å². The van der Waals surface area contributed by atoms with Crippen molar-refractivity contribution in [3.05, 3.63) is 65.5 Å². The van der Waals surface area contributed by atoms with Crippen molar-refractivity contribution < 1.29 is 4.79 Å². The monoisotopic (exact) mass is 197 g/mol. The predicted octanol–water partition coefficient (Wildman–Crippen LogP) is 2.48. The maximum Gasteiger partial charge on any atom is 0.151 e. The van der Waals surface area contributed by atoms with Gasteiger partial charge in [0.05, 0.1) is 5.69 Å². The third-order valence-corrected chi connectivity index (χ3v) is 2.27. The van der Waals surface area contributed by atoms with E-state index in [0.29, 0.717) is 12.0 Å². The summed E-state index contributed by atoms with van der Waals surface area (Å²) < 4.78 is 0. The zero-order valence-electron chi connectivity index (χ0n) is 8.26. The van der Waals surface area contributed by atoms with Crippen molar-refractivity contribution in [1.82, 2.24) is 4.98 Å².